The van der Waals surface area contributed by atoms with E-state index < -0.39 is 16.0 Å². The van der Waals surface area contributed by atoms with Gasteiger partial charge in [-0.25, -0.2) is 17.9 Å². The molecule has 0 saturated heterocycles. The minimum atomic E-state index is -3.99. The molecule has 55 heavy (non-hydrogen) atoms. The maximum Gasteiger partial charge on any atom is 0.335 e. The smallest absolute Gasteiger partial charge is 0.335 e. The van der Waals surface area contributed by atoms with Crippen LogP contribution in [0.1, 0.15) is 44.3 Å². The van der Waals surface area contributed by atoms with E-state index in [0.717, 1.165) is 38.9 Å². The summed E-state index contributed by atoms with van der Waals surface area (Å²) in [6, 6.07) is 48.6. The number of carbonyl (C=O) groups is 1. The van der Waals surface area contributed by atoms with Gasteiger partial charge in [0.15, 0.2) is 0 Å². The van der Waals surface area contributed by atoms with Crippen LogP contribution in [0.4, 0.5) is 0 Å². The molecule has 0 saturated carbocycles. The Morgan fingerprint density at radius 1 is 0.727 bits per heavy atom. The van der Waals surface area contributed by atoms with Gasteiger partial charge in [0.25, 0.3) is 0 Å². The molecule has 1 aromatic heterocycles. The number of carboxylic acid groups (broad SMARTS) is 1. The molecule has 0 spiro atoms. The molecular formula is C45H39ClN2O6S. The SMILES string of the molecule is O=C(O)c1ccc(OCCc2c(CCNS(=O)(=O)c3ccccc3OCc3ccccc3)n(C(c3ccccc3)c3ccccc3)c3ccc(Cl)cc23)cc1. The lowest BCUT2D eigenvalue weighted by atomic mass is 9.97. The monoisotopic (exact) mass is 770 g/mol. The highest BCUT2D eigenvalue weighted by atomic mass is 35.5. The molecule has 0 bridgehead atoms. The van der Waals surface area contributed by atoms with Gasteiger partial charge in [-0.15, -0.1) is 0 Å². The standard InChI is InChI=1S/C45H39ClN2O6S/c46-36-22-25-40-39(30-36)38(27-29-53-37-23-20-35(21-24-37)45(49)50)41(48(40)44(33-14-6-2-7-15-33)34-16-8-3-9-17-34)26-28-47-55(51,52)43-19-11-10-18-42(43)54-31-32-12-4-1-5-13-32/h1-25,30,44,47H,26-29,31H2,(H,49,50). The predicted molar refractivity (Wildman–Crippen MR) is 216 cm³/mol. The number of hydrogen-bond donors (Lipinski definition) is 2. The molecule has 0 aliphatic heterocycles. The number of fused-ring (bicyclic) bond motifs is 1. The lowest BCUT2D eigenvalue weighted by molar-refractivity contribution is 0.0696. The number of aromatic nitrogens is 1. The van der Waals surface area contributed by atoms with Crippen LogP contribution in [0.5, 0.6) is 11.5 Å². The van der Waals surface area contributed by atoms with Gasteiger partial charge in [-0.1, -0.05) is 115 Å². The average Bonchev–Trinajstić information content (AvgIpc) is 3.49. The van der Waals surface area contributed by atoms with Crippen LogP contribution in [0.25, 0.3) is 10.9 Å². The Hall–Kier alpha value is -5.87. The van der Waals surface area contributed by atoms with E-state index >= 15 is 0 Å². The Balaban J connectivity index is 1.25. The molecule has 0 atom stereocenters. The van der Waals surface area contributed by atoms with Crippen molar-refractivity contribution >= 4 is 38.5 Å². The van der Waals surface area contributed by atoms with Gasteiger partial charge in [-0.3, -0.25) is 0 Å². The number of aromatic carboxylic acids is 1. The molecule has 6 aromatic carbocycles. The van der Waals surface area contributed by atoms with Gasteiger partial charge in [-0.2, -0.15) is 0 Å². The Labute approximate surface area is 325 Å². The van der Waals surface area contributed by atoms with Crippen LogP contribution in [-0.4, -0.2) is 37.2 Å². The summed E-state index contributed by atoms with van der Waals surface area (Å²) >= 11 is 6.66. The number of halogens is 1. The number of nitrogens with zero attached hydrogens (tertiary/aromatic N) is 1. The Kier molecular flexibility index (Phi) is 11.6. The number of rotatable bonds is 16. The third-order valence-electron chi connectivity index (χ3n) is 9.42. The summed E-state index contributed by atoms with van der Waals surface area (Å²) in [7, 11) is -3.99. The molecular weight excluding hydrogens is 732 g/mol. The minimum absolute atomic E-state index is 0.0623. The summed E-state index contributed by atoms with van der Waals surface area (Å²) in [6.07, 6.45) is 0.816. The zero-order chi connectivity index (χ0) is 38.2. The van der Waals surface area contributed by atoms with Crippen molar-refractivity contribution in [3.63, 3.8) is 0 Å². The van der Waals surface area contributed by atoms with E-state index in [2.05, 4.69) is 33.6 Å². The lowest BCUT2D eigenvalue weighted by Crippen LogP contribution is -2.28. The number of benzene rings is 6. The van der Waals surface area contributed by atoms with E-state index in [1.54, 1.807) is 36.4 Å². The number of hydrogen-bond acceptors (Lipinski definition) is 5. The molecule has 8 nitrogen and oxygen atoms in total. The molecule has 2 N–H and O–H groups in total. The van der Waals surface area contributed by atoms with Crippen molar-refractivity contribution in [2.45, 2.75) is 30.4 Å². The second-order valence-electron chi connectivity index (χ2n) is 13.0. The number of sulfonamides is 1. The van der Waals surface area contributed by atoms with E-state index in [-0.39, 0.29) is 42.0 Å². The molecule has 0 fully saturated rings. The molecule has 0 aliphatic rings. The van der Waals surface area contributed by atoms with E-state index in [4.69, 9.17) is 21.1 Å². The van der Waals surface area contributed by atoms with Gasteiger partial charge >= 0.3 is 5.97 Å². The van der Waals surface area contributed by atoms with Crippen molar-refractivity contribution in [2.75, 3.05) is 13.2 Å². The van der Waals surface area contributed by atoms with E-state index in [1.807, 2.05) is 84.9 Å². The largest absolute Gasteiger partial charge is 0.493 e. The molecule has 1 heterocycles. The van der Waals surface area contributed by atoms with Crippen LogP contribution >= 0.6 is 11.6 Å². The third kappa shape index (κ3) is 8.76. The average molecular weight is 771 g/mol. The van der Waals surface area contributed by atoms with Crippen LogP contribution in [0.15, 0.2) is 163 Å². The fourth-order valence-electron chi connectivity index (χ4n) is 6.89. The number of nitrogens with one attached hydrogen (secondary N) is 1. The van der Waals surface area contributed by atoms with Gasteiger partial charge < -0.3 is 19.1 Å². The van der Waals surface area contributed by atoms with Crippen molar-refractivity contribution in [1.29, 1.82) is 0 Å². The molecule has 10 heteroatoms. The Bertz CT molecular complexity index is 2450. The fourth-order valence-corrected chi connectivity index (χ4v) is 8.23. The highest BCUT2D eigenvalue weighted by Gasteiger charge is 2.27. The van der Waals surface area contributed by atoms with E-state index in [0.29, 0.717) is 23.6 Å². The van der Waals surface area contributed by atoms with E-state index in [9.17, 15) is 18.3 Å². The molecule has 7 rings (SSSR count). The van der Waals surface area contributed by atoms with Crippen molar-refractivity contribution in [3.05, 3.63) is 196 Å². The molecule has 0 amide bonds. The molecule has 0 aliphatic carbocycles. The summed E-state index contributed by atoms with van der Waals surface area (Å²) in [5.41, 5.74) is 6.07. The Morgan fingerprint density at radius 2 is 1.35 bits per heavy atom. The summed E-state index contributed by atoms with van der Waals surface area (Å²) in [5, 5.41) is 10.8. The second-order valence-corrected chi connectivity index (χ2v) is 15.1. The highest BCUT2D eigenvalue weighted by Crippen LogP contribution is 2.38. The zero-order valence-corrected chi connectivity index (χ0v) is 31.4. The van der Waals surface area contributed by atoms with Crippen LogP contribution in [0.3, 0.4) is 0 Å². The number of ether oxygens (including phenoxy) is 2. The van der Waals surface area contributed by atoms with Gasteiger partial charge in [0, 0.05) is 41.0 Å². The first-order valence-corrected chi connectivity index (χ1v) is 19.8. The molecule has 278 valence electrons. The number of carboxylic acids is 1. The van der Waals surface area contributed by atoms with Gasteiger partial charge in [0.05, 0.1) is 18.2 Å². The first-order valence-electron chi connectivity index (χ1n) is 17.9. The lowest BCUT2D eigenvalue weighted by Gasteiger charge is -2.25. The van der Waals surface area contributed by atoms with Crippen LogP contribution in [-0.2, 0) is 29.5 Å². The van der Waals surface area contributed by atoms with Crippen LogP contribution in [0.2, 0.25) is 5.02 Å². The third-order valence-corrected chi connectivity index (χ3v) is 11.2. The minimum Gasteiger partial charge on any atom is -0.493 e. The highest BCUT2D eigenvalue weighted by molar-refractivity contribution is 7.89. The zero-order valence-electron chi connectivity index (χ0n) is 29.8. The molecule has 7 aromatic rings. The van der Waals surface area contributed by atoms with Crippen molar-refractivity contribution in [3.8, 4) is 11.5 Å². The second kappa shape index (κ2) is 17.1. The van der Waals surface area contributed by atoms with Crippen molar-refractivity contribution < 1.29 is 27.8 Å². The first kappa shape index (κ1) is 37.4. The van der Waals surface area contributed by atoms with Crippen LogP contribution < -0.4 is 14.2 Å². The maximum atomic E-state index is 13.9. The topological polar surface area (TPSA) is 107 Å². The summed E-state index contributed by atoms with van der Waals surface area (Å²) in [5.74, 6) is -0.197. The predicted octanol–water partition coefficient (Wildman–Crippen LogP) is 9.35. The number of para-hydroxylation sites is 1. The van der Waals surface area contributed by atoms with Gasteiger partial charge in [0.1, 0.15) is 23.0 Å². The molecule has 0 radical (unpaired) electrons. The van der Waals surface area contributed by atoms with Gasteiger partial charge in [-0.05, 0) is 76.9 Å². The van der Waals surface area contributed by atoms with Crippen LogP contribution in [0, 0.1) is 0 Å². The molecule has 0 unspecified atom stereocenters. The maximum absolute atomic E-state index is 13.9. The Morgan fingerprint density at radius 3 is 2.00 bits per heavy atom. The van der Waals surface area contributed by atoms with Crippen molar-refractivity contribution in [1.82, 2.24) is 9.29 Å². The fraction of sp³-hybridized carbons (Fsp3) is 0.133. The van der Waals surface area contributed by atoms with Gasteiger partial charge in [0.2, 0.25) is 10.0 Å². The normalized spacial score (nSPS) is 11.5. The van der Waals surface area contributed by atoms with E-state index in [1.165, 1.54) is 12.1 Å². The van der Waals surface area contributed by atoms with Crippen molar-refractivity contribution in [2.24, 2.45) is 0 Å². The first-order chi connectivity index (χ1) is 26.8. The quantitative estimate of drug-likeness (QED) is 0.101. The summed E-state index contributed by atoms with van der Waals surface area (Å²) in [6.45, 7) is 0.607. The summed E-state index contributed by atoms with van der Waals surface area (Å²) in [4.78, 5) is 11.5. The summed E-state index contributed by atoms with van der Waals surface area (Å²) < 4.78 is 45.2.